The third-order valence-electron chi connectivity index (χ3n) is 2.92. The standard InChI is InChI=1S/C10H15NOS/c1-10(2)6-7(10)8(12)5-9-11-3-4-13-9/h3-4,7-8,12H,5-6H2,1-2H3. The monoisotopic (exact) mass is 197 g/mol. The van der Waals surface area contributed by atoms with Crippen LogP contribution in [0.5, 0.6) is 0 Å². The van der Waals surface area contributed by atoms with Gasteiger partial charge < -0.3 is 5.11 Å². The molecule has 1 aliphatic carbocycles. The molecule has 72 valence electrons. The molecule has 3 heteroatoms. The highest BCUT2D eigenvalue weighted by Gasteiger charge is 2.49. The molecule has 1 heterocycles. The lowest BCUT2D eigenvalue weighted by Crippen LogP contribution is -2.16. The molecule has 0 radical (unpaired) electrons. The van der Waals surface area contributed by atoms with Crippen molar-refractivity contribution < 1.29 is 5.11 Å². The molecule has 1 aromatic heterocycles. The fourth-order valence-electron chi connectivity index (χ4n) is 1.84. The zero-order valence-electron chi connectivity index (χ0n) is 8.03. The van der Waals surface area contributed by atoms with E-state index in [1.807, 2.05) is 5.38 Å². The number of thiazole rings is 1. The van der Waals surface area contributed by atoms with Crippen molar-refractivity contribution in [3.8, 4) is 0 Å². The molecule has 2 rings (SSSR count). The van der Waals surface area contributed by atoms with Gasteiger partial charge in [0.1, 0.15) is 0 Å². The summed E-state index contributed by atoms with van der Waals surface area (Å²) in [6.07, 6.45) is 3.48. The third-order valence-corrected chi connectivity index (χ3v) is 3.72. The highest BCUT2D eigenvalue weighted by Crippen LogP contribution is 2.53. The van der Waals surface area contributed by atoms with Crippen molar-refractivity contribution in [3.05, 3.63) is 16.6 Å². The molecule has 2 nitrogen and oxygen atoms in total. The van der Waals surface area contributed by atoms with E-state index in [4.69, 9.17) is 0 Å². The van der Waals surface area contributed by atoms with Crippen molar-refractivity contribution in [2.75, 3.05) is 0 Å². The van der Waals surface area contributed by atoms with E-state index in [2.05, 4.69) is 18.8 Å². The fraction of sp³-hybridized carbons (Fsp3) is 0.700. The second kappa shape index (κ2) is 3.07. The highest BCUT2D eigenvalue weighted by molar-refractivity contribution is 7.09. The molecule has 13 heavy (non-hydrogen) atoms. The maximum Gasteiger partial charge on any atom is 0.0950 e. The number of rotatable bonds is 3. The fourth-order valence-corrected chi connectivity index (χ4v) is 2.51. The van der Waals surface area contributed by atoms with E-state index >= 15 is 0 Å². The number of nitrogens with zero attached hydrogens (tertiary/aromatic N) is 1. The summed E-state index contributed by atoms with van der Waals surface area (Å²) in [6, 6.07) is 0. The predicted molar refractivity (Wildman–Crippen MR) is 53.7 cm³/mol. The number of hydrogen-bond donors (Lipinski definition) is 1. The molecule has 1 saturated carbocycles. The van der Waals surface area contributed by atoms with Crippen molar-refractivity contribution in [2.45, 2.75) is 32.8 Å². The summed E-state index contributed by atoms with van der Waals surface area (Å²) >= 11 is 1.63. The van der Waals surface area contributed by atoms with E-state index in [1.54, 1.807) is 17.5 Å². The molecule has 0 spiro atoms. The van der Waals surface area contributed by atoms with Crippen molar-refractivity contribution >= 4 is 11.3 Å². The molecular formula is C10H15NOS. The van der Waals surface area contributed by atoms with Crippen LogP contribution in [0, 0.1) is 11.3 Å². The van der Waals surface area contributed by atoms with E-state index in [-0.39, 0.29) is 6.10 Å². The third kappa shape index (κ3) is 1.92. The number of hydrogen-bond acceptors (Lipinski definition) is 3. The Balaban J connectivity index is 1.90. The van der Waals surface area contributed by atoms with Crippen LogP contribution in [0.25, 0.3) is 0 Å². The Kier molecular flexibility index (Phi) is 2.16. The summed E-state index contributed by atoms with van der Waals surface area (Å²) in [5.41, 5.74) is 0.358. The van der Waals surface area contributed by atoms with Gasteiger partial charge in [0.2, 0.25) is 0 Å². The lowest BCUT2D eigenvalue weighted by molar-refractivity contribution is 0.137. The molecule has 0 saturated heterocycles. The van der Waals surface area contributed by atoms with Crippen LogP contribution >= 0.6 is 11.3 Å². The summed E-state index contributed by atoms with van der Waals surface area (Å²) in [4.78, 5) is 4.17. The highest BCUT2D eigenvalue weighted by atomic mass is 32.1. The van der Waals surface area contributed by atoms with Crippen LogP contribution in [0.15, 0.2) is 11.6 Å². The van der Waals surface area contributed by atoms with Gasteiger partial charge >= 0.3 is 0 Å². The summed E-state index contributed by atoms with van der Waals surface area (Å²) in [7, 11) is 0. The summed E-state index contributed by atoms with van der Waals surface area (Å²) in [5.74, 6) is 0.483. The molecule has 1 N–H and O–H groups in total. The van der Waals surface area contributed by atoms with Gasteiger partial charge in [-0.1, -0.05) is 13.8 Å². The van der Waals surface area contributed by atoms with E-state index in [0.717, 1.165) is 17.8 Å². The number of aromatic nitrogens is 1. The average Bonchev–Trinajstić information content (AvgIpc) is 2.49. The van der Waals surface area contributed by atoms with Crippen LogP contribution < -0.4 is 0 Å². The molecular weight excluding hydrogens is 182 g/mol. The van der Waals surface area contributed by atoms with Crippen molar-refractivity contribution in [3.63, 3.8) is 0 Å². The van der Waals surface area contributed by atoms with Gasteiger partial charge in [0.15, 0.2) is 0 Å². The van der Waals surface area contributed by atoms with E-state index in [9.17, 15) is 5.11 Å². The van der Waals surface area contributed by atoms with Gasteiger partial charge in [0, 0.05) is 18.0 Å². The van der Waals surface area contributed by atoms with Crippen LogP contribution in [0.4, 0.5) is 0 Å². The van der Waals surface area contributed by atoms with Gasteiger partial charge in [-0.05, 0) is 17.8 Å². The van der Waals surface area contributed by atoms with Gasteiger partial charge in [0.25, 0.3) is 0 Å². The van der Waals surface area contributed by atoms with Crippen LogP contribution in [0.2, 0.25) is 0 Å². The average molecular weight is 197 g/mol. The van der Waals surface area contributed by atoms with Crippen LogP contribution in [0.1, 0.15) is 25.3 Å². The number of aliphatic hydroxyl groups is 1. The second-order valence-corrected chi connectivity index (χ2v) is 5.48. The topological polar surface area (TPSA) is 33.1 Å². The molecule has 2 atom stereocenters. The molecule has 1 aliphatic rings. The first-order valence-electron chi connectivity index (χ1n) is 4.66. The maximum absolute atomic E-state index is 9.86. The minimum Gasteiger partial charge on any atom is -0.392 e. The van der Waals surface area contributed by atoms with Crippen LogP contribution in [-0.4, -0.2) is 16.2 Å². The lowest BCUT2D eigenvalue weighted by atomic mass is 10.0. The molecule has 1 aromatic rings. The summed E-state index contributed by atoms with van der Waals surface area (Å²) < 4.78 is 0. The van der Waals surface area contributed by atoms with Gasteiger partial charge in [-0.25, -0.2) is 4.98 Å². The summed E-state index contributed by atoms with van der Waals surface area (Å²) in [5, 5.41) is 12.9. The van der Waals surface area contributed by atoms with E-state index < -0.39 is 0 Å². The molecule has 1 fully saturated rings. The minimum absolute atomic E-state index is 0.193. The summed E-state index contributed by atoms with van der Waals surface area (Å²) in [6.45, 7) is 4.42. The number of aliphatic hydroxyl groups excluding tert-OH is 1. The SMILES string of the molecule is CC1(C)CC1C(O)Cc1nccs1. The molecule has 2 unspecified atom stereocenters. The Morgan fingerprint density at radius 2 is 2.46 bits per heavy atom. The Bertz CT molecular complexity index is 281. The van der Waals surface area contributed by atoms with Crippen molar-refractivity contribution in [2.24, 2.45) is 11.3 Å². The Morgan fingerprint density at radius 3 is 2.92 bits per heavy atom. The van der Waals surface area contributed by atoms with Crippen LogP contribution in [-0.2, 0) is 6.42 Å². The zero-order chi connectivity index (χ0) is 9.47. The molecule has 0 aromatic carbocycles. The van der Waals surface area contributed by atoms with Gasteiger partial charge in [-0.3, -0.25) is 0 Å². The molecule has 0 aliphatic heterocycles. The van der Waals surface area contributed by atoms with Crippen molar-refractivity contribution in [1.82, 2.24) is 4.98 Å². The van der Waals surface area contributed by atoms with E-state index in [1.165, 1.54) is 0 Å². The first kappa shape index (κ1) is 9.16. The largest absolute Gasteiger partial charge is 0.392 e. The van der Waals surface area contributed by atoms with Gasteiger partial charge in [-0.2, -0.15) is 0 Å². The molecule has 0 bridgehead atoms. The maximum atomic E-state index is 9.86. The molecule has 0 amide bonds. The smallest absolute Gasteiger partial charge is 0.0950 e. The predicted octanol–water partition coefficient (Wildman–Crippen LogP) is 2.09. The van der Waals surface area contributed by atoms with E-state index in [0.29, 0.717) is 11.3 Å². The first-order chi connectivity index (χ1) is 6.09. The van der Waals surface area contributed by atoms with Gasteiger partial charge in [0.05, 0.1) is 11.1 Å². The van der Waals surface area contributed by atoms with Crippen molar-refractivity contribution in [1.29, 1.82) is 0 Å². The Labute approximate surface area is 82.6 Å². The first-order valence-corrected chi connectivity index (χ1v) is 5.54. The lowest BCUT2D eigenvalue weighted by Gasteiger charge is -2.10. The zero-order valence-corrected chi connectivity index (χ0v) is 8.84. The van der Waals surface area contributed by atoms with Crippen LogP contribution in [0.3, 0.4) is 0 Å². The Morgan fingerprint density at radius 1 is 1.77 bits per heavy atom. The Hall–Kier alpha value is -0.410. The minimum atomic E-state index is -0.193. The second-order valence-electron chi connectivity index (χ2n) is 4.50. The quantitative estimate of drug-likeness (QED) is 0.805. The normalized spacial score (nSPS) is 27.2. The van der Waals surface area contributed by atoms with Gasteiger partial charge in [-0.15, -0.1) is 11.3 Å².